The second kappa shape index (κ2) is 6.65. The molecule has 1 rings (SSSR count). The van der Waals surface area contributed by atoms with Gasteiger partial charge in [-0.15, -0.1) is 0 Å². The summed E-state index contributed by atoms with van der Waals surface area (Å²) in [5.41, 5.74) is 11.4. The van der Waals surface area contributed by atoms with Gasteiger partial charge in [0.15, 0.2) is 0 Å². The van der Waals surface area contributed by atoms with Gasteiger partial charge in [0.1, 0.15) is 5.75 Å². The van der Waals surface area contributed by atoms with Crippen molar-refractivity contribution in [3.8, 4) is 5.75 Å². The van der Waals surface area contributed by atoms with E-state index in [1.54, 1.807) is 19.1 Å². The van der Waals surface area contributed by atoms with Gasteiger partial charge in [-0.05, 0) is 25.5 Å². The smallest absolute Gasteiger partial charge is 0.122 e. The van der Waals surface area contributed by atoms with Crippen molar-refractivity contribution in [1.82, 2.24) is 0 Å². The van der Waals surface area contributed by atoms with E-state index in [1.165, 1.54) is 0 Å². The highest BCUT2D eigenvalue weighted by molar-refractivity contribution is 6.31. The van der Waals surface area contributed by atoms with E-state index in [4.69, 9.17) is 23.1 Å². The Bertz CT molecular complexity index is 261. The summed E-state index contributed by atoms with van der Waals surface area (Å²) >= 11 is 5.73. The molecular weight excluding hydrogens is 200 g/mol. The van der Waals surface area contributed by atoms with Gasteiger partial charge < -0.3 is 16.6 Å². The maximum atomic E-state index is 9.30. The number of rotatable bonds is 1. The van der Waals surface area contributed by atoms with Crippen molar-refractivity contribution in [3.05, 3.63) is 28.3 Å². The van der Waals surface area contributed by atoms with Gasteiger partial charge in [-0.1, -0.05) is 17.7 Å². The summed E-state index contributed by atoms with van der Waals surface area (Å²) < 4.78 is 0. The van der Waals surface area contributed by atoms with Crippen molar-refractivity contribution >= 4 is 11.6 Å². The lowest BCUT2D eigenvalue weighted by Crippen LogP contribution is -2.11. The maximum absolute atomic E-state index is 9.30. The zero-order valence-electron chi connectivity index (χ0n) is 8.55. The number of hydrogen-bond acceptors (Lipinski definition) is 3. The zero-order chi connectivity index (χ0) is 11.1. The molecular formula is C10H17ClN2O. The highest BCUT2D eigenvalue weighted by atomic mass is 35.5. The first-order valence-electron chi connectivity index (χ1n) is 4.39. The number of aryl methyl sites for hydroxylation is 1. The molecule has 0 radical (unpaired) electrons. The summed E-state index contributed by atoms with van der Waals surface area (Å²) in [6.45, 7) is 4.84. The van der Waals surface area contributed by atoms with Crippen molar-refractivity contribution in [2.75, 3.05) is 13.1 Å². The molecule has 0 aliphatic heterocycles. The van der Waals surface area contributed by atoms with E-state index in [-0.39, 0.29) is 0 Å². The van der Waals surface area contributed by atoms with Crippen LogP contribution in [0.5, 0.6) is 5.75 Å². The van der Waals surface area contributed by atoms with Crippen LogP contribution in [0.1, 0.15) is 11.1 Å². The molecule has 0 saturated heterocycles. The van der Waals surface area contributed by atoms with Crippen LogP contribution in [-0.2, 0) is 0 Å². The van der Waals surface area contributed by atoms with Crippen molar-refractivity contribution in [1.29, 1.82) is 0 Å². The Kier molecular flexibility index (Phi) is 6.28. The van der Waals surface area contributed by atoms with Crippen LogP contribution in [0, 0.1) is 13.8 Å². The molecule has 0 aromatic heterocycles. The number of benzene rings is 1. The largest absolute Gasteiger partial charge is 0.507 e. The fourth-order valence-electron chi connectivity index (χ4n) is 0.811. The molecule has 0 saturated carbocycles. The minimum Gasteiger partial charge on any atom is -0.507 e. The summed E-state index contributed by atoms with van der Waals surface area (Å²) in [6.07, 6.45) is 0. The Labute approximate surface area is 89.7 Å². The molecule has 0 spiro atoms. The molecule has 0 bridgehead atoms. The zero-order valence-corrected chi connectivity index (χ0v) is 9.30. The number of halogens is 1. The number of nitrogens with two attached hydrogens (primary N) is 2. The van der Waals surface area contributed by atoms with Crippen LogP contribution in [0.2, 0.25) is 5.02 Å². The van der Waals surface area contributed by atoms with E-state index < -0.39 is 0 Å². The Hall–Kier alpha value is -0.770. The lowest BCUT2D eigenvalue weighted by Gasteiger charge is -2.02. The van der Waals surface area contributed by atoms with Crippen molar-refractivity contribution < 1.29 is 5.11 Å². The third-order valence-corrected chi connectivity index (χ3v) is 2.14. The van der Waals surface area contributed by atoms with Crippen molar-refractivity contribution in [2.24, 2.45) is 11.5 Å². The van der Waals surface area contributed by atoms with Crippen LogP contribution in [0.3, 0.4) is 0 Å². The van der Waals surface area contributed by atoms with Gasteiger partial charge in [-0.2, -0.15) is 0 Å². The number of phenols is 1. The molecule has 3 nitrogen and oxygen atoms in total. The summed E-state index contributed by atoms with van der Waals surface area (Å²) in [5, 5.41) is 9.92. The Morgan fingerprint density at radius 1 is 1.21 bits per heavy atom. The summed E-state index contributed by atoms with van der Waals surface area (Å²) in [6, 6.07) is 3.58. The number of hydrogen-bond donors (Lipinski definition) is 3. The molecule has 0 unspecified atom stereocenters. The molecule has 4 heteroatoms. The minimum absolute atomic E-state index is 0.299. The molecule has 0 amide bonds. The fraction of sp³-hybridized carbons (Fsp3) is 0.400. The fourth-order valence-corrected chi connectivity index (χ4v) is 0.963. The van der Waals surface area contributed by atoms with E-state index in [9.17, 15) is 5.11 Å². The summed E-state index contributed by atoms with van der Waals surface area (Å²) in [7, 11) is 0. The first kappa shape index (κ1) is 13.2. The SMILES string of the molecule is Cc1ccc(Cl)c(C)c1O.NCCN. The van der Waals surface area contributed by atoms with E-state index in [0.29, 0.717) is 23.9 Å². The molecule has 0 heterocycles. The Balaban J connectivity index is 0.000000364. The van der Waals surface area contributed by atoms with Gasteiger partial charge >= 0.3 is 0 Å². The molecule has 0 atom stereocenters. The predicted octanol–water partition coefficient (Wildman–Crippen LogP) is 1.57. The quantitative estimate of drug-likeness (QED) is 0.667. The third-order valence-electron chi connectivity index (χ3n) is 1.73. The van der Waals surface area contributed by atoms with Crippen LogP contribution in [0.4, 0.5) is 0 Å². The number of aromatic hydroxyl groups is 1. The lowest BCUT2D eigenvalue weighted by atomic mass is 10.1. The number of phenolic OH excluding ortho intramolecular Hbond substituents is 1. The van der Waals surface area contributed by atoms with Crippen LogP contribution in [0.25, 0.3) is 0 Å². The van der Waals surface area contributed by atoms with E-state index >= 15 is 0 Å². The highest BCUT2D eigenvalue weighted by Gasteiger charge is 2.02. The van der Waals surface area contributed by atoms with Gasteiger partial charge in [-0.25, -0.2) is 0 Å². The Morgan fingerprint density at radius 2 is 1.71 bits per heavy atom. The molecule has 14 heavy (non-hydrogen) atoms. The average molecular weight is 217 g/mol. The second-order valence-corrected chi connectivity index (χ2v) is 3.32. The first-order valence-corrected chi connectivity index (χ1v) is 4.77. The normalized spacial score (nSPS) is 9.21. The van der Waals surface area contributed by atoms with Gasteiger partial charge in [0.25, 0.3) is 0 Å². The monoisotopic (exact) mass is 216 g/mol. The molecule has 0 fully saturated rings. The maximum Gasteiger partial charge on any atom is 0.122 e. The first-order chi connectivity index (χ1) is 6.54. The molecule has 80 valence electrons. The van der Waals surface area contributed by atoms with Gasteiger partial charge in [0.05, 0.1) is 0 Å². The lowest BCUT2D eigenvalue weighted by molar-refractivity contribution is 0.467. The predicted molar refractivity (Wildman–Crippen MR) is 60.7 cm³/mol. The van der Waals surface area contributed by atoms with Crippen LogP contribution in [0.15, 0.2) is 12.1 Å². The van der Waals surface area contributed by atoms with Crippen molar-refractivity contribution in [2.45, 2.75) is 13.8 Å². The molecule has 5 N–H and O–H groups in total. The van der Waals surface area contributed by atoms with E-state index in [2.05, 4.69) is 0 Å². The van der Waals surface area contributed by atoms with E-state index in [0.717, 1.165) is 11.1 Å². The van der Waals surface area contributed by atoms with Crippen LogP contribution >= 0.6 is 11.6 Å². The minimum atomic E-state index is 0.299. The standard InChI is InChI=1S/C8H9ClO.C2H8N2/c1-5-3-4-7(9)6(2)8(5)10;3-1-2-4/h3-4,10H,1-2H3;1-4H2. The van der Waals surface area contributed by atoms with Crippen molar-refractivity contribution in [3.63, 3.8) is 0 Å². The summed E-state index contributed by atoms with van der Waals surface area (Å²) in [5.74, 6) is 0.299. The average Bonchev–Trinajstić information content (AvgIpc) is 2.21. The van der Waals surface area contributed by atoms with Gasteiger partial charge in [0, 0.05) is 23.7 Å². The molecule has 1 aromatic rings. The summed E-state index contributed by atoms with van der Waals surface area (Å²) in [4.78, 5) is 0. The second-order valence-electron chi connectivity index (χ2n) is 2.92. The van der Waals surface area contributed by atoms with Crippen LogP contribution < -0.4 is 11.5 Å². The molecule has 0 aliphatic rings. The third kappa shape index (κ3) is 3.96. The van der Waals surface area contributed by atoms with Crippen LogP contribution in [-0.4, -0.2) is 18.2 Å². The Morgan fingerprint density at radius 3 is 2.07 bits per heavy atom. The van der Waals surface area contributed by atoms with Gasteiger partial charge in [-0.3, -0.25) is 0 Å². The molecule has 0 aliphatic carbocycles. The molecule has 1 aromatic carbocycles. The van der Waals surface area contributed by atoms with E-state index in [1.807, 2.05) is 6.92 Å². The van der Waals surface area contributed by atoms with Gasteiger partial charge in [0.2, 0.25) is 0 Å². The highest BCUT2D eigenvalue weighted by Crippen LogP contribution is 2.27. The topological polar surface area (TPSA) is 72.3 Å².